The van der Waals surface area contributed by atoms with E-state index < -0.39 is 0 Å². The lowest BCUT2D eigenvalue weighted by atomic mass is 9.89. The quantitative estimate of drug-likeness (QED) is 0.596. The molecule has 26 heavy (non-hydrogen) atoms. The highest BCUT2D eigenvalue weighted by atomic mass is 16.3. The molecule has 3 rings (SSSR count). The number of guanidine groups is 1. The molecule has 0 unspecified atom stereocenters. The van der Waals surface area contributed by atoms with Crippen LogP contribution in [-0.2, 0) is 13.0 Å². The Morgan fingerprint density at radius 3 is 2.73 bits per heavy atom. The highest BCUT2D eigenvalue weighted by Crippen LogP contribution is 2.23. The summed E-state index contributed by atoms with van der Waals surface area (Å²) in [6, 6.07) is 0. The van der Waals surface area contributed by atoms with Crippen LogP contribution in [0.1, 0.15) is 57.7 Å². The number of piperidine rings is 1. The summed E-state index contributed by atoms with van der Waals surface area (Å²) in [5.41, 5.74) is 0. The summed E-state index contributed by atoms with van der Waals surface area (Å²) in [5.74, 6) is 2.77. The van der Waals surface area contributed by atoms with Gasteiger partial charge in [0, 0.05) is 39.1 Å². The molecule has 0 spiro atoms. The van der Waals surface area contributed by atoms with Crippen LogP contribution in [0.4, 0.5) is 0 Å². The van der Waals surface area contributed by atoms with Crippen molar-refractivity contribution in [2.45, 2.75) is 70.9 Å². The Morgan fingerprint density at radius 2 is 2.00 bits per heavy atom. The van der Waals surface area contributed by atoms with Crippen molar-refractivity contribution in [1.82, 2.24) is 25.0 Å². The molecule has 2 N–H and O–H groups in total. The molecule has 7 heteroatoms. The fourth-order valence-corrected chi connectivity index (χ4v) is 3.96. The van der Waals surface area contributed by atoms with Gasteiger partial charge in [-0.2, -0.15) is 0 Å². The molecule has 146 valence electrons. The largest absolute Gasteiger partial charge is 0.393 e. The van der Waals surface area contributed by atoms with Crippen LogP contribution >= 0.6 is 0 Å². The van der Waals surface area contributed by atoms with Crippen molar-refractivity contribution in [2.24, 2.45) is 10.9 Å². The summed E-state index contributed by atoms with van der Waals surface area (Å²) in [6.07, 6.45) is 10.9. The van der Waals surface area contributed by atoms with Crippen molar-refractivity contribution in [2.75, 3.05) is 26.2 Å². The van der Waals surface area contributed by atoms with Crippen molar-refractivity contribution in [3.05, 3.63) is 12.2 Å². The molecular weight excluding hydrogens is 328 g/mol. The normalized spacial score (nSPS) is 20.5. The van der Waals surface area contributed by atoms with Gasteiger partial charge in [-0.3, -0.25) is 4.99 Å². The molecule has 0 aromatic carbocycles. The second-order valence-electron chi connectivity index (χ2n) is 7.61. The molecule has 0 amide bonds. The van der Waals surface area contributed by atoms with Gasteiger partial charge in [0.2, 0.25) is 0 Å². The first-order chi connectivity index (χ1) is 12.8. The molecule has 0 atom stereocenters. The minimum atomic E-state index is -0.157. The summed E-state index contributed by atoms with van der Waals surface area (Å²) in [5, 5.41) is 21.5. The van der Waals surface area contributed by atoms with Crippen LogP contribution < -0.4 is 5.32 Å². The maximum absolute atomic E-state index is 9.80. The Hall–Kier alpha value is -1.63. The van der Waals surface area contributed by atoms with E-state index in [-0.39, 0.29) is 6.10 Å². The lowest BCUT2D eigenvalue weighted by Gasteiger charge is -2.33. The Labute approximate surface area is 156 Å². The number of hydrogen-bond acceptors (Lipinski definition) is 4. The van der Waals surface area contributed by atoms with Crippen LogP contribution in [0.5, 0.6) is 0 Å². The number of nitrogens with zero attached hydrogens (tertiary/aromatic N) is 5. The van der Waals surface area contributed by atoms with Gasteiger partial charge in [0.1, 0.15) is 12.2 Å². The number of rotatable bonds is 6. The van der Waals surface area contributed by atoms with Gasteiger partial charge in [-0.15, -0.1) is 10.2 Å². The van der Waals surface area contributed by atoms with Crippen LogP contribution in [0.15, 0.2) is 11.3 Å². The lowest BCUT2D eigenvalue weighted by Crippen LogP contribution is -2.47. The summed E-state index contributed by atoms with van der Waals surface area (Å²) < 4.78 is 2.10. The van der Waals surface area contributed by atoms with Gasteiger partial charge in [0.25, 0.3) is 0 Å². The van der Waals surface area contributed by atoms with Gasteiger partial charge in [-0.1, -0.05) is 26.2 Å². The van der Waals surface area contributed by atoms with E-state index in [0.29, 0.717) is 0 Å². The number of hydrogen-bond donors (Lipinski definition) is 2. The number of aromatic nitrogens is 3. The molecule has 1 aromatic rings. The first-order valence-corrected chi connectivity index (χ1v) is 10.3. The molecule has 1 saturated carbocycles. The topological polar surface area (TPSA) is 78.6 Å². The number of likely N-dealkylation sites (tertiary alicyclic amines) is 1. The van der Waals surface area contributed by atoms with E-state index in [9.17, 15) is 5.11 Å². The highest BCUT2D eigenvalue weighted by Gasteiger charge is 2.21. The van der Waals surface area contributed by atoms with E-state index in [1.165, 1.54) is 32.1 Å². The Kier molecular flexibility index (Phi) is 7.29. The second kappa shape index (κ2) is 9.90. The molecule has 1 aliphatic carbocycles. The SMILES string of the molecule is CCc1nncn1CCNC(=NCC1CCCCC1)N1CCC(O)CC1. The minimum Gasteiger partial charge on any atom is -0.393 e. The van der Waals surface area contributed by atoms with Gasteiger partial charge in [-0.05, 0) is 31.6 Å². The van der Waals surface area contributed by atoms with E-state index in [1.807, 2.05) is 0 Å². The number of aryl methyl sites for hydroxylation is 1. The Balaban J connectivity index is 1.56. The fourth-order valence-electron chi connectivity index (χ4n) is 3.96. The molecule has 2 aliphatic rings. The molecule has 2 heterocycles. The van der Waals surface area contributed by atoms with Gasteiger partial charge in [-0.25, -0.2) is 0 Å². The molecule has 0 bridgehead atoms. The third kappa shape index (κ3) is 5.43. The predicted octanol–water partition coefficient (Wildman–Crippen LogP) is 1.82. The van der Waals surface area contributed by atoms with Crippen LogP contribution in [0, 0.1) is 5.92 Å². The standard InChI is InChI=1S/C19H34N6O/c1-2-18-23-22-15-25(18)13-10-20-19(24-11-8-17(26)9-12-24)21-14-16-6-4-3-5-7-16/h15-17,26H,2-14H2,1H3,(H,20,21). The van der Waals surface area contributed by atoms with Crippen LogP contribution in [0.25, 0.3) is 0 Å². The molecular formula is C19H34N6O. The molecule has 1 aliphatic heterocycles. The first kappa shape index (κ1) is 19.1. The van der Waals surface area contributed by atoms with Crippen LogP contribution in [0.3, 0.4) is 0 Å². The average molecular weight is 363 g/mol. The summed E-state index contributed by atoms with van der Waals surface area (Å²) in [7, 11) is 0. The third-order valence-electron chi connectivity index (χ3n) is 5.64. The predicted molar refractivity (Wildman–Crippen MR) is 103 cm³/mol. The average Bonchev–Trinajstić information content (AvgIpc) is 3.13. The Bertz CT molecular complexity index is 558. The summed E-state index contributed by atoms with van der Waals surface area (Å²) in [6.45, 7) is 6.44. The van der Waals surface area contributed by atoms with Crippen molar-refractivity contribution in [1.29, 1.82) is 0 Å². The fraction of sp³-hybridized carbons (Fsp3) is 0.842. The van der Waals surface area contributed by atoms with E-state index in [2.05, 4.69) is 31.9 Å². The molecule has 7 nitrogen and oxygen atoms in total. The number of aliphatic hydroxyl groups is 1. The third-order valence-corrected chi connectivity index (χ3v) is 5.64. The van der Waals surface area contributed by atoms with Gasteiger partial charge >= 0.3 is 0 Å². The maximum Gasteiger partial charge on any atom is 0.193 e. The van der Waals surface area contributed by atoms with Crippen LogP contribution in [0.2, 0.25) is 0 Å². The van der Waals surface area contributed by atoms with Crippen molar-refractivity contribution in [3.8, 4) is 0 Å². The molecule has 0 radical (unpaired) electrons. The van der Waals surface area contributed by atoms with Gasteiger partial charge in [0.05, 0.1) is 6.10 Å². The van der Waals surface area contributed by atoms with E-state index in [4.69, 9.17) is 4.99 Å². The van der Waals surface area contributed by atoms with Crippen LogP contribution in [-0.4, -0.2) is 63.0 Å². The van der Waals surface area contributed by atoms with Crippen molar-refractivity contribution >= 4 is 5.96 Å². The monoisotopic (exact) mass is 362 g/mol. The second-order valence-corrected chi connectivity index (χ2v) is 7.61. The summed E-state index contributed by atoms with van der Waals surface area (Å²) >= 11 is 0. The number of nitrogens with one attached hydrogen (secondary N) is 1. The smallest absolute Gasteiger partial charge is 0.193 e. The highest BCUT2D eigenvalue weighted by molar-refractivity contribution is 5.80. The molecule has 1 saturated heterocycles. The van der Waals surface area contributed by atoms with E-state index in [0.717, 1.165) is 69.7 Å². The molecule has 2 fully saturated rings. The first-order valence-electron chi connectivity index (χ1n) is 10.3. The number of aliphatic hydroxyl groups excluding tert-OH is 1. The zero-order chi connectivity index (χ0) is 18.2. The van der Waals surface area contributed by atoms with E-state index in [1.54, 1.807) is 6.33 Å². The zero-order valence-electron chi connectivity index (χ0n) is 16.1. The number of aliphatic imine (C=N–C) groups is 1. The van der Waals surface area contributed by atoms with Gasteiger partial charge < -0.3 is 19.9 Å². The minimum absolute atomic E-state index is 0.157. The Morgan fingerprint density at radius 1 is 1.23 bits per heavy atom. The van der Waals surface area contributed by atoms with Crippen molar-refractivity contribution in [3.63, 3.8) is 0 Å². The lowest BCUT2D eigenvalue weighted by molar-refractivity contribution is 0.108. The zero-order valence-corrected chi connectivity index (χ0v) is 16.1. The van der Waals surface area contributed by atoms with Gasteiger partial charge in [0.15, 0.2) is 5.96 Å². The maximum atomic E-state index is 9.80. The van der Waals surface area contributed by atoms with Crippen molar-refractivity contribution < 1.29 is 5.11 Å². The molecule has 1 aromatic heterocycles. The van der Waals surface area contributed by atoms with E-state index >= 15 is 0 Å². The summed E-state index contributed by atoms with van der Waals surface area (Å²) in [4.78, 5) is 7.27.